The Labute approximate surface area is 206 Å². The normalized spacial score (nSPS) is 12.8. The number of benzene rings is 3. The van der Waals surface area contributed by atoms with Crippen molar-refractivity contribution in [2.75, 3.05) is 6.61 Å². The fourth-order valence-corrected chi connectivity index (χ4v) is 8.43. The first-order valence-corrected chi connectivity index (χ1v) is 14.2. The summed E-state index contributed by atoms with van der Waals surface area (Å²) in [5, 5.41) is -4.45. The number of halogens is 2. The molecule has 0 bridgehead atoms. The molecule has 3 aromatic carbocycles. The van der Waals surface area contributed by atoms with Gasteiger partial charge in [-0.05, 0) is 53.1 Å². The second-order valence-electron chi connectivity index (χ2n) is 7.77. The van der Waals surface area contributed by atoms with Crippen molar-refractivity contribution in [1.29, 1.82) is 0 Å². The van der Waals surface area contributed by atoms with Gasteiger partial charge in [0.15, 0.2) is 6.61 Å². The van der Waals surface area contributed by atoms with E-state index in [4.69, 9.17) is 3.63 Å². The highest BCUT2D eigenvalue weighted by Gasteiger charge is 2.52. The van der Waals surface area contributed by atoms with Crippen LogP contribution in [-0.4, -0.2) is 26.2 Å². The second kappa shape index (κ2) is 11.8. The van der Waals surface area contributed by atoms with Gasteiger partial charge >= 0.3 is 21.3 Å². The SMILES string of the molecule is CCCCCC(=O)OCC(F)(F)S(=O)(=O)OS(c1ccccc1)(c1ccccc1)c1ccccc1. The minimum Gasteiger partial charge on any atom is -0.458 e. The molecular weight excluding hydrogens is 494 g/mol. The van der Waals surface area contributed by atoms with E-state index < -0.39 is 38.3 Å². The van der Waals surface area contributed by atoms with Crippen LogP contribution in [0.3, 0.4) is 0 Å². The molecule has 0 radical (unpaired) electrons. The number of hydrogen-bond acceptors (Lipinski definition) is 5. The van der Waals surface area contributed by atoms with Gasteiger partial charge in [0.05, 0.1) is 0 Å². The van der Waals surface area contributed by atoms with Gasteiger partial charge < -0.3 is 4.74 Å². The molecule has 0 N–H and O–H groups in total. The number of rotatable bonds is 12. The van der Waals surface area contributed by atoms with Gasteiger partial charge in [0.25, 0.3) is 0 Å². The van der Waals surface area contributed by atoms with Crippen molar-refractivity contribution in [3.63, 3.8) is 0 Å². The van der Waals surface area contributed by atoms with Gasteiger partial charge in [-0.2, -0.15) is 17.2 Å². The molecule has 0 aliphatic rings. The summed E-state index contributed by atoms with van der Waals surface area (Å²) in [4.78, 5) is 13.1. The Morgan fingerprint density at radius 1 is 0.771 bits per heavy atom. The summed E-state index contributed by atoms with van der Waals surface area (Å²) >= 11 is 0. The number of carbonyl (C=O) groups is 1. The maximum absolute atomic E-state index is 15.1. The van der Waals surface area contributed by atoms with E-state index in [1.807, 2.05) is 6.92 Å². The van der Waals surface area contributed by atoms with Crippen molar-refractivity contribution < 1.29 is 30.4 Å². The summed E-state index contributed by atoms with van der Waals surface area (Å²) in [6.45, 7) is 0.318. The summed E-state index contributed by atoms with van der Waals surface area (Å²) in [6, 6.07) is 25.3. The Balaban J connectivity index is 2.04. The zero-order chi connectivity index (χ0) is 25.4. The number of unbranched alkanes of at least 4 members (excludes halogenated alkanes) is 2. The molecule has 35 heavy (non-hydrogen) atoms. The van der Waals surface area contributed by atoms with Crippen molar-refractivity contribution in [2.24, 2.45) is 0 Å². The third-order valence-electron chi connectivity index (χ3n) is 5.17. The molecule has 188 valence electrons. The van der Waals surface area contributed by atoms with Gasteiger partial charge in [-0.3, -0.25) is 4.79 Å². The zero-order valence-corrected chi connectivity index (χ0v) is 20.9. The van der Waals surface area contributed by atoms with E-state index in [9.17, 15) is 13.2 Å². The van der Waals surface area contributed by atoms with Gasteiger partial charge in [-0.15, -0.1) is 0 Å². The van der Waals surface area contributed by atoms with E-state index in [1.54, 1.807) is 91.0 Å². The fourth-order valence-electron chi connectivity index (χ4n) is 3.37. The van der Waals surface area contributed by atoms with Crippen LogP contribution in [0.15, 0.2) is 106 Å². The van der Waals surface area contributed by atoms with E-state index >= 15 is 8.78 Å². The van der Waals surface area contributed by atoms with Crippen molar-refractivity contribution in [1.82, 2.24) is 0 Å². The predicted octanol–water partition coefficient (Wildman–Crippen LogP) is 6.95. The van der Waals surface area contributed by atoms with Crippen LogP contribution in [0.1, 0.15) is 32.6 Å². The van der Waals surface area contributed by atoms with Crippen LogP contribution in [-0.2, 0) is 23.3 Å². The summed E-state index contributed by atoms with van der Waals surface area (Å²) in [7, 11) is -8.69. The van der Waals surface area contributed by atoms with Crippen LogP contribution < -0.4 is 0 Å². The number of carbonyl (C=O) groups excluding carboxylic acids is 1. The summed E-state index contributed by atoms with van der Waals surface area (Å²) in [6.07, 6.45) is 2.00. The first kappa shape index (κ1) is 26.8. The Bertz CT molecular complexity index is 1090. The fraction of sp³-hybridized carbons (Fsp3) is 0.269. The highest BCUT2D eigenvalue weighted by Crippen LogP contribution is 2.70. The molecule has 0 aliphatic carbocycles. The highest BCUT2D eigenvalue weighted by atomic mass is 32.3. The molecule has 0 saturated heterocycles. The Morgan fingerprint density at radius 3 is 1.60 bits per heavy atom. The maximum atomic E-state index is 15.1. The van der Waals surface area contributed by atoms with Crippen molar-refractivity contribution in [3.05, 3.63) is 91.0 Å². The third-order valence-corrected chi connectivity index (χ3v) is 10.4. The van der Waals surface area contributed by atoms with E-state index in [2.05, 4.69) is 4.74 Å². The lowest BCUT2D eigenvalue weighted by Crippen LogP contribution is -2.37. The van der Waals surface area contributed by atoms with Crippen LogP contribution in [0.4, 0.5) is 8.78 Å². The Morgan fingerprint density at radius 2 is 1.20 bits per heavy atom. The molecule has 0 unspecified atom stereocenters. The van der Waals surface area contributed by atoms with Gasteiger partial charge in [0, 0.05) is 21.1 Å². The lowest BCUT2D eigenvalue weighted by molar-refractivity contribution is -0.149. The average Bonchev–Trinajstić information content (AvgIpc) is 2.88. The molecular formula is C26H28F2O5S2. The van der Waals surface area contributed by atoms with Gasteiger partial charge in [0.1, 0.15) is 0 Å². The molecule has 0 saturated carbocycles. The number of alkyl halides is 2. The Hall–Kier alpha value is -2.75. The third kappa shape index (κ3) is 6.28. The molecule has 0 atom stereocenters. The van der Waals surface area contributed by atoms with Crippen LogP contribution in [0.25, 0.3) is 0 Å². The minimum atomic E-state index is -5.56. The molecule has 3 aromatic rings. The number of ether oxygens (including phenoxy) is 1. The minimum absolute atomic E-state index is 0.0575. The lowest BCUT2D eigenvalue weighted by atomic mass is 10.2. The largest absolute Gasteiger partial charge is 0.458 e. The van der Waals surface area contributed by atoms with Crippen LogP contribution in [0, 0.1) is 0 Å². The number of hydrogen-bond donors (Lipinski definition) is 0. The summed E-state index contributed by atoms with van der Waals surface area (Å²) in [5.74, 6) is -0.874. The first-order valence-electron chi connectivity index (χ1n) is 11.2. The Kier molecular flexibility index (Phi) is 9.04. The van der Waals surface area contributed by atoms with Crippen molar-refractivity contribution in [3.8, 4) is 0 Å². The molecule has 5 nitrogen and oxygen atoms in total. The van der Waals surface area contributed by atoms with Crippen molar-refractivity contribution >= 4 is 26.4 Å². The van der Waals surface area contributed by atoms with Crippen molar-refractivity contribution in [2.45, 2.75) is 52.5 Å². The lowest BCUT2D eigenvalue weighted by Gasteiger charge is -2.40. The zero-order valence-electron chi connectivity index (χ0n) is 19.3. The molecule has 0 aromatic heterocycles. The first-order chi connectivity index (χ1) is 16.7. The van der Waals surface area contributed by atoms with Crippen LogP contribution in [0.2, 0.25) is 0 Å². The molecule has 0 amide bonds. The summed E-state index contributed by atoms with van der Waals surface area (Å²) < 4.78 is 66.6. The quantitative estimate of drug-likeness (QED) is 0.190. The standard InChI is InChI=1S/C26H28F2O5S2/c1-2-3-7-20-25(29)32-21-26(27,28)35(30,31)33-34(22-14-8-4-9-15-22,23-16-10-5-11-17-23)24-18-12-6-13-19-24/h4-6,8-19H,2-3,7,20-21H2,1H3. The topological polar surface area (TPSA) is 69.7 Å². The molecule has 3 rings (SSSR count). The van der Waals surface area contributed by atoms with Gasteiger partial charge in [-0.1, -0.05) is 74.4 Å². The second-order valence-corrected chi connectivity index (χ2v) is 12.3. The highest BCUT2D eigenvalue weighted by molar-refractivity contribution is 8.33. The monoisotopic (exact) mass is 522 g/mol. The molecule has 0 spiro atoms. The number of esters is 1. The predicted molar refractivity (Wildman–Crippen MR) is 132 cm³/mol. The smallest absolute Gasteiger partial charge is 0.403 e. The van der Waals surface area contributed by atoms with Gasteiger partial charge in [0.2, 0.25) is 0 Å². The van der Waals surface area contributed by atoms with E-state index in [0.717, 1.165) is 12.8 Å². The van der Waals surface area contributed by atoms with E-state index in [0.29, 0.717) is 21.1 Å². The molecule has 0 aliphatic heterocycles. The molecule has 0 heterocycles. The van der Waals surface area contributed by atoms with Crippen LogP contribution in [0.5, 0.6) is 0 Å². The summed E-state index contributed by atoms with van der Waals surface area (Å²) in [5.41, 5.74) is 0. The molecule has 0 fully saturated rings. The maximum Gasteiger partial charge on any atom is 0.403 e. The average molecular weight is 523 g/mol. The molecule has 9 heteroatoms. The van der Waals surface area contributed by atoms with E-state index in [1.165, 1.54) is 0 Å². The van der Waals surface area contributed by atoms with Crippen LogP contribution >= 0.6 is 10.3 Å². The van der Waals surface area contributed by atoms with E-state index in [-0.39, 0.29) is 6.42 Å². The van der Waals surface area contributed by atoms with Gasteiger partial charge in [-0.25, -0.2) is 3.63 Å².